The van der Waals surface area contributed by atoms with E-state index in [0.717, 1.165) is 19.4 Å². The van der Waals surface area contributed by atoms with Crippen LogP contribution in [0, 0.1) is 5.92 Å². The van der Waals surface area contributed by atoms with E-state index < -0.39 is 11.6 Å². The second-order valence-electron chi connectivity index (χ2n) is 6.07. The molecule has 1 aliphatic rings. The predicted molar refractivity (Wildman–Crippen MR) is 77.6 cm³/mol. The SMILES string of the molecule is COC(=O)/C=C/OCC[C@@H]1CCN(C(=O)OC(C)(C)C)C1. The molecule has 1 amide bonds. The molecule has 0 unspecified atom stereocenters. The lowest BCUT2D eigenvalue weighted by atomic mass is 10.1. The molecular formula is C15H25NO5. The Labute approximate surface area is 126 Å². The Balaban J connectivity index is 2.21. The van der Waals surface area contributed by atoms with Crippen LogP contribution < -0.4 is 0 Å². The van der Waals surface area contributed by atoms with Crippen LogP contribution in [-0.4, -0.2) is 49.4 Å². The summed E-state index contributed by atoms with van der Waals surface area (Å²) in [6.07, 6.45) is 4.11. The van der Waals surface area contributed by atoms with Gasteiger partial charge in [0.05, 0.1) is 26.1 Å². The fourth-order valence-electron chi connectivity index (χ4n) is 2.04. The highest BCUT2D eigenvalue weighted by molar-refractivity contribution is 5.81. The van der Waals surface area contributed by atoms with Gasteiger partial charge in [-0.1, -0.05) is 0 Å². The smallest absolute Gasteiger partial charge is 0.410 e. The maximum Gasteiger partial charge on any atom is 0.410 e. The fourth-order valence-corrected chi connectivity index (χ4v) is 2.04. The number of esters is 1. The van der Waals surface area contributed by atoms with E-state index in [4.69, 9.17) is 9.47 Å². The zero-order chi connectivity index (χ0) is 15.9. The summed E-state index contributed by atoms with van der Waals surface area (Å²) in [6.45, 7) is 7.51. The molecule has 1 saturated heterocycles. The molecule has 1 aliphatic heterocycles. The van der Waals surface area contributed by atoms with Gasteiger partial charge in [-0.2, -0.15) is 0 Å². The number of nitrogens with zero attached hydrogens (tertiary/aromatic N) is 1. The van der Waals surface area contributed by atoms with Crippen molar-refractivity contribution in [3.8, 4) is 0 Å². The molecule has 0 saturated carbocycles. The Bertz CT molecular complexity index is 386. The molecule has 0 spiro atoms. The Morgan fingerprint density at radius 1 is 1.33 bits per heavy atom. The molecule has 1 fully saturated rings. The Kier molecular flexibility index (Phi) is 6.52. The van der Waals surface area contributed by atoms with Crippen LogP contribution in [0.15, 0.2) is 12.3 Å². The summed E-state index contributed by atoms with van der Waals surface area (Å²) >= 11 is 0. The predicted octanol–water partition coefficient (Wildman–Crippen LogP) is 2.34. The van der Waals surface area contributed by atoms with Gasteiger partial charge in [0.25, 0.3) is 0 Å². The maximum atomic E-state index is 11.9. The molecule has 1 rings (SSSR count). The van der Waals surface area contributed by atoms with Crippen LogP contribution in [0.4, 0.5) is 4.79 Å². The highest BCUT2D eigenvalue weighted by Gasteiger charge is 2.29. The van der Waals surface area contributed by atoms with Crippen LogP contribution in [-0.2, 0) is 19.0 Å². The van der Waals surface area contributed by atoms with Crippen molar-refractivity contribution in [1.29, 1.82) is 0 Å². The Morgan fingerprint density at radius 2 is 2.05 bits per heavy atom. The molecule has 6 nitrogen and oxygen atoms in total. The van der Waals surface area contributed by atoms with Gasteiger partial charge in [-0.3, -0.25) is 0 Å². The van der Waals surface area contributed by atoms with Crippen LogP contribution in [0.25, 0.3) is 0 Å². The lowest BCUT2D eigenvalue weighted by Crippen LogP contribution is -2.35. The number of hydrogen-bond donors (Lipinski definition) is 0. The quantitative estimate of drug-likeness (QED) is 0.337. The van der Waals surface area contributed by atoms with Gasteiger partial charge >= 0.3 is 12.1 Å². The molecule has 0 aromatic carbocycles. The van der Waals surface area contributed by atoms with E-state index in [0.29, 0.717) is 19.1 Å². The van der Waals surface area contributed by atoms with Gasteiger partial charge in [-0.25, -0.2) is 9.59 Å². The van der Waals surface area contributed by atoms with Gasteiger partial charge in [-0.15, -0.1) is 0 Å². The highest BCUT2D eigenvalue weighted by atomic mass is 16.6. The van der Waals surface area contributed by atoms with Crippen LogP contribution in [0.5, 0.6) is 0 Å². The van der Waals surface area contributed by atoms with E-state index in [2.05, 4.69) is 4.74 Å². The molecule has 0 aromatic rings. The zero-order valence-corrected chi connectivity index (χ0v) is 13.3. The lowest BCUT2D eigenvalue weighted by molar-refractivity contribution is -0.135. The lowest BCUT2D eigenvalue weighted by Gasteiger charge is -2.24. The third-order valence-corrected chi connectivity index (χ3v) is 3.08. The van der Waals surface area contributed by atoms with E-state index in [1.807, 2.05) is 20.8 Å². The summed E-state index contributed by atoms with van der Waals surface area (Å²) in [5, 5.41) is 0. The van der Waals surface area contributed by atoms with Crippen LogP contribution in [0.1, 0.15) is 33.6 Å². The minimum absolute atomic E-state index is 0.253. The fraction of sp³-hybridized carbons (Fsp3) is 0.733. The first-order valence-corrected chi connectivity index (χ1v) is 7.16. The Morgan fingerprint density at radius 3 is 2.67 bits per heavy atom. The molecule has 0 N–H and O–H groups in total. The van der Waals surface area contributed by atoms with Crippen molar-refractivity contribution in [3.63, 3.8) is 0 Å². The van der Waals surface area contributed by atoms with Crippen molar-refractivity contribution >= 4 is 12.1 Å². The Hall–Kier alpha value is -1.72. The van der Waals surface area contributed by atoms with E-state index in [-0.39, 0.29) is 6.09 Å². The molecule has 120 valence electrons. The van der Waals surface area contributed by atoms with Gasteiger partial charge in [0.15, 0.2) is 0 Å². The number of likely N-dealkylation sites (tertiary alicyclic amines) is 1. The first-order chi connectivity index (χ1) is 9.81. The van der Waals surface area contributed by atoms with Gasteiger partial charge in [0.1, 0.15) is 5.60 Å². The summed E-state index contributed by atoms with van der Waals surface area (Å²) in [5.74, 6) is -0.0315. The molecule has 0 bridgehead atoms. The minimum atomic E-state index is -0.461. The largest absolute Gasteiger partial charge is 0.501 e. The molecule has 0 aliphatic carbocycles. The van der Waals surface area contributed by atoms with Gasteiger partial charge < -0.3 is 19.1 Å². The standard InChI is InChI=1S/C15H25NO5/c1-15(2,3)21-14(18)16-8-5-12(11-16)6-9-20-10-7-13(17)19-4/h7,10,12H,5-6,8-9,11H2,1-4H3/b10-7+/t12-/m0/s1. The maximum absolute atomic E-state index is 11.9. The van der Waals surface area contributed by atoms with Crippen molar-refractivity contribution in [2.75, 3.05) is 26.8 Å². The first kappa shape index (κ1) is 17.3. The number of amides is 1. The molecule has 1 heterocycles. The zero-order valence-electron chi connectivity index (χ0n) is 13.3. The average Bonchev–Trinajstić information content (AvgIpc) is 2.85. The van der Waals surface area contributed by atoms with Gasteiger partial charge in [0, 0.05) is 13.1 Å². The molecule has 0 aromatic heterocycles. The second kappa shape index (κ2) is 7.90. The first-order valence-electron chi connectivity index (χ1n) is 7.16. The summed E-state index contributed by atoms with van der Waals surface area (Å²) in [5.41, 5.74) is -0.461. The van der Waals surface area contributed by atoms with Crippen molar-refractivity contribution in [2.45, 2.75) is 39.2 Å². The number of carbonyl (C=O) groups is 2. The number of hydrogen-bond acceptors (Lipinski definition) is 5. The molecule has 6 heteroatoms. The molecule has 1 atom stereocenters. The summed E-state index contributed by atoms with van der Waals surface area (Å²) in [4.78, 5) is 24.5. The van der Waals surface area contributed by atoms with Crippen molar-refractivity contribution in [2.24, 2.45) is 5.92 Å². The van der Waals surface area contributed by atoms with E-state index in [1.165, 1.54) is 19.4 Å². The van der Waals surface area contributed by atoms with E-state index in [1.54, 1.807) is 4.90 Å². The van der Waals surface area contributed by atoms with Crippen LogP contribution >= 0.6 is 0 Å². The second-order valence-corrected chi connectivity index (χ2v) is 6.07. The number of rotatable bonds is 5. The van der Waals surface area contributed by atoms with Crippen molar-refractivity contribution < 1.29 is 23.8 Å². The van der Waals surface area contributed by atoms with Gasteiger partial charge in [0.2, 0.25) is 0 Å². The summed E-state index contributed by atoms with van der Waals surface area (Å²) in [7, 11) is 1.32. The average molecular weight is 299 g/mol. The van der Waals surface area contributed by atoms with E-state index in [9.17, 15) is 9.59 Å². The van der Waals surface area contributed by atoms with Crippen molar-refractivity contribution in [3.05, 3.63) is 12.3 Å². The third-order valence-electron chi connectivity index (χ3n) is 3.08. The number of methoxy groups -OCH3 is 1. The molecule has 0 radical (unpaired) electrons. The van der Waals surface area contributed by atoms with Crippen molar-refractivity contribution in [1.82, 2.24) is 4.90 Å². The topological polar surface area (TPSA) is 65.1 Å². The molecular weight excluding hydrogens is 274 g/mol. The van der Waals surface area contributed by atoms with Crippen LogP contribution in [0.2, 0.25) is 0 Å². The van der Waals surface area contributed by atoms with Gasteiger partial charge in [-0.05, 0) is 39.5 Å². The van der Waals surface area contributed by atoms with Crippen LogP contribution in [0.3, 0.4) is 0 Å². The number of carbonyl (C=O) groups excluding carboxylic acids is 2. The highest BCUT2D eigenvalue weighted by Crippen LogP contribution is 2.21. The molecule has 21 heavy (non-hydrogen) atoms. The minimum Gasteiger partial charge on any atom is -0.501 e. The number of ether oxygens (including phenoxy) is 3. The summed E-state index contributed by atoms with van der Waals surface area (Å²) in [6, 6.07) is 0. The summed E-state index contributed by atoms with van der Waals surface area (Å²) < 4.78 is 15.0. The van der Waals surface area contributed by atoms with E-state index >= 15 is 0 Å². The monoisotopic (exact) mass is 299 g/mol. The third kappa shape index (κ3) is 7.02. The normalized spacial score (nSPS) is 18.9.